The van der Waals surface area contributed by atoms with Gasteiger partial charge in [-0.05, 0) is 77.2 Å². The number of amides is 2. The van der Waals surface area contributed by atoms with Crippen molar-refractivity contribution in [2.24, 2.45) is 11.0 Å². The Morgan fingerprint density at radius 3 is 2.42 bits per heavy atom. The molecular formula is C32H32ClN3O4. The van der Waals surface area contributed by atoms with E-state index in [1.165, 1.54) is 6.21 Å². The van der Waals surface area contributed by atoms with Crippen LogP contribution < -0.4 is 20.2 Å². The molecule has 2 amide bonds. The first-order valence-electron chi connectivity index (χ1n) is 13.1. The highest BCUT2D eigenvalue weighted by Gasteiger charge is 2.24. The first kappa shape index (κ1) is 28.6. The van der Waals surface area contributed by atoms with Crippen molar-refractivity contribution in [3.8, 4) is 11.5 Å². The molecule has 206 valence electrons. The van der Waals surface area contributed by atoms with Crippen molar-refractivity contribution >= 4 is 40.4 Å². The van der Waals surface area contributed by atoms with Gasteiger partial charge in [-0.2, -0.15) is 5.10 Å². The molecule has 2 N–H and O–H groups in total. The highest BCUT2D eigenvalue weighted by Crippen LogP contribution is 2.30. The molecule has 4 aromatic carbocycles. The van der Waals surface area contributed by atoms with Gasteiger partial charge in [-0.1, -0.05) is 67.9 Å². The fraction of sp³-hybridized carbons (Fsp3) is 0.219. The van der Waals surface area contributed by atoms with E-state index in [1.807, 2.05) is 51.1 Å². The molecule has 0 aliphatic carbocycles. The molecule has 7 nitrogen and oxygen atoms in total. The maximum Gasteiger partial charge on any atom is 0.262 e. The van der Waals surface area contributed by atoms with Gasteiger partial charge < -0.3 is 14.8 Å². The molecule has 0 saturated carbocycles. The van der Waals surface area contributed by atoms with E-state index in [2.05, 4.69) is 40.1 Å². The molecule has 0 heterocycles. The van der Waals surface area contributed by atoms with Crippen molar-refractivity contribution < 1.29 is 19.1 Å². The zero-order valence-electron chi connectivity index (χ0n) is 22.7. The lowest BCUT2D eigenvalue weighted by Crippen LogP contribution is -2.48. The second kappa shape index (κ2) is 13.6. The summed E-state index contributed by atoms with van der Waals surface area (Å²) < 4.78 is 11.9. The van der Waals surface area contributed by atoms with Crippen LogP contribution in [0.2, 0.25) is 5.02 Å². The van der Waals surface area contributed by atoms with Crippen LogP contribution in [0.4, 0.5) is 0 Å². The number of nitrogens with one attached hydrogen (secondary N) is 2. The van der Waals surface area contributed by atoms with Crippen LogP contribution >= 0.6 is 11.6 Å². The minimum atomic E-state index is -0.774. The topological polar surface area (TPSA) is 89.0 Å². The summed E-state index contributed by atoms with van der Waals surface area (Å²) in [5.74, 6) is 0.242. The summed E-state index contributed by atoms with van der Waals surface area (Å²) in [5, 5.41) is 9.71. The zero-order chi connectivity index (χ0) is 28.5. The normalized spacial score (nSPS) is 11.9. The molecule has 0 saturated heterocycles. The minimum Gasteiger partial charge on any atom is -0.490 e. The number of nitrogens with zero attached hydrogens (tertiary/aromatic N) is 1. The summed E-state index contributed by atoms with van der Waals surface area (Å²) in [4.78, 5) is 25.4. The fourth-order valence-electron chi connectivity index (χ4n) is 4.17. The smallest absolute Gasteiger partial charge is 0.262 e. The standard InChI is InChI=1S/C32H32ClN3O4/c1-4-39-29-18-22(12-17-28(29)40-20-25-10-7-9-23-8-5-6-11-27(23)25)19-34-36-32(38)30(21(2)3)35-31(37)24-13-15-26(33)16-14-24/h5-19,21,30H,4,20H2,1-3H3,(H,35,37)(H,36,38). The average molecular weight is 558 g/mol. The Labute approximate surface area is 239 Å². The highest BCUT2D eigenvalue weighted by molar-refractivity contribution is 6.30. The average Bonchev–Trinajstić information content (AvgIpc) is 2.95. The van der Waals surface area contributed by atoms with Gasteiger partial charge in [0.15, 0.2) is 11.5 Å². The number of rotatable bonds is 11. The van der Waals surface area contributed by atoms with E-state index in [1.54, 1.807) is 30.3 Å². The van der Waals surface area contributed by atoms with E-state index in [0.717, 1.165) is 16.3 Å². The summed E-state index contributed by atoms with van der Waals surface area (Å²) in [6.07, 6.45) is 1.52. The Hall–Kier alpha value is -4.36. The SMILES string of the molecule is CCOc1cc(C=NNC(=O)C(NC(=O)c2ccc(Cl)cc2)C(C)C)ccc1OCc1cccc2ccccc12. The monoisotopic (exact) mass is 557 g/mol. The van der Waals surface area contributed by atoms with Crippen LogP contribution in [0.15, 0.2) is 90.0 Å². The maximum absolute atomic E-state index is 12.8. The molecule has 0 bridgehead atoms. The molecule has 0 fully saturated rings. The van der Waals surface area contributed by atoms with Crippen molar-refractivity contribution in [1.82, 2.24) is 10.7 Å². The number of ether oxygens (including phenoxy) is 2. The number of hydrazone groups is 1. The van der Waals surface area contributed by atoms with E-state index in [0.29, 0.717) is 40.9 Å². The van der Waals surface area contributed by atoms with Crippen LogP contribution in [0.3, 0.4) is 0 Å². The lowest BCUT2D eigenvalue weighted by atomic mass is 10.0. The molecule has 4 rings (SSSR count). The zero-order valence-corrected chi connectivity index (χ0v) is 23.4. The van der Waals surface area contributed by atoms with Crippen LogP contribution in [-0.4, -0.2) is 30.7 Å². The van der Waals surface area contributed by atoms with E-state index in [4.69, 9.17) is 21.1 Å². The fourth-order valence-corrected chi connectivity index (χ4v) is 4.29. The van der Waals surface area contributed by atoms with Gasteiger partial charge in [-0.3, -0.25) is 9.59 Å². The summed E-state index contributed by atoms with van der Waals surface area (Å²) in [7, 11) is 0. The summed E-state index contributed by atoms with van der Waals surface area (Å²) in [5.41, 5.74) is 4.74. The summed E-state index contributed by atoms with van der Waals surface area (Å²) in [6, 6.07) is 25.5. The molecular weight excluding hydrogens is 526 g/mol. The highest BCUT2D eigenvalue weighted by atomic mass is 35.5. The van der Waals surface area contributed by atoms with Crippen LogP contribution in [0.25, 0.3) is 10.8 Å². The van der Waals surface area contributed by atoms with Crippen LogP contribution in [0, 0.1) is 5.92 Å². The van der Waals surface area contributed by atoms with Gasteiger partial charge in [0.2, 0.25) is 0 Å². The number of fused-ring (bicyclic) bond motifs is 1. The number of halogens is 1. The number of hydrogen-bond acceptors (Lipinski definition) is 5. The molecule has 1 atom stereocenters. The van der Waals surface area contributed by atoms with Crippen LogP contribution in [0.5, 0.6) is 11.5 Å². The molecule has 0 spiro atoms. The molecule has 0 radical (unpaired) electrons. The minimum absolute atomic E-state index is 0.158. The molecule has 8 heteroatoms. The first-order valence-corrected chi connectivity index (χ1v) is 13.5. The molecule has 0 aliphatic rings. The Morgan fingerprint density at radius 1 is 0.925 bits per heavy atom. The largest absolute Gasteiger partial charge is 0.490 e. The Bertz CT molecular complexity index is 1500. The lowest BCUT2D eigenvalue weighted by Gasteiger charge is -2.20. The third-order valence-electron chi connectivity index (χ3n) is 6.26. The second-order valence-corrected chi connectivity index (χ2v) is 9.94. The predicted octanol–water partition coefficient (Wildman–Crippen LogP) is 6.38. The van der Waals surface area contributed by atoms with E-state index < -0.39 is 11.9 Å². The van der Waals surface area contributed by atoms with Gasteiger partial charge in [0.1, 0.15) is 12.6 Å². The number of hydrogen-bond donors (Lipinski definition) is 2. The van der Waals surface area contributed by atoms with Crippen LogP contribution in [0.1, 0.15) is 42.3 Å². The molecule has 0 aliphatic heterocycles. The Kier molecular flexibility index (Phi) is 9.76. The van der Waals surface area contributed by atoms with Gasteiger partial charge >= 0.3 is 0 Å². The quantitative estimate of drug-likeness (QED) is 0.165. The lowest BCUT2D eigenvalue weighted by molar-refractivity contribution is -0.123. The predicted molar refractivity (Wildman–Crippen MR) is 159 cm³/mol. The third kappa shape index (κ3) is 7.39. The summed E-state index contributed by atoms with van der Waals surface area (Å²) in [6.45, 7) is 6.46. The van der Waals surface area contributed by atoms with Gasteiger partial charge in [0.25, 0.3) is 11.8 Å². The van der Waals surface area contributed by atoms with Gasteiger partial charge in [0, 0.05) is 10.6 Å². The number of carbonyl (C=O) groups excluding carboxylic acids is 2. The molecule has 0 aromatic heterocycles. The van der Waals surface area contributed by atoms with Crippen molar-refractivity contribution in [2.75, 3.05) is 6.61 Å². The molecule has 1 unspecified atom stereocenters. The van der Waals surface area contributed by atoms with Crippen molar-refractivity contribution in [1.29, 1.82) is 0 Å². The van der Waals surface area contributed by atoms with E-state index in [-0.39, 0.29) is 11.8 Å². The van der Waals surface area contributed by atoms with Crippen molar-refractivity contribution in [3.63, 3.8) is 0 Å². The molecule has 40 heavy (non-hydrogen) atoms. The molecule has 4 aromatic rings. The second-order valence-electron chi connectivity index (χ2n) is 9.50. The summed E-state index contributed by atoms with van der Waals surface area (Å²) >= 11 is 5.90. The van der Waals surface area contributed by atoms with Crippen LogP contribution in [-0.2, 0) is 11.4 Å². The third-order valence-corrected chi connectivity index (χ3v) is 6.51. The van der Waals surface area contributed by atoms with Gasteiger partial charge in [-0.25, -0.2) is 5.43 Å². The number of carbonyl (C=O) groups is 2. The van der Waals surface area contributed by atoms with Gasteiger partial charge in [-0.15, -0.1) is 0 Å². The van der Waals surface area contributed by atoms with Crippen molar-refractivity contribution in [2.45, 2.75) is 33.4 Å². The first-order chi connectivity index (χ1) is 19.4. The Balaban J connectivity index is 1.40. The number of benzene rings is 4. The Morgan fingerprint density at radius 2 is 1.68 bits per heavy atom. The van der Waals surface area contributed by atoms with E-state index >= 15 is 0 Å². The van der Waals surface area contributed by atoms with Gasteiger partial charge in [0.05, 0.1) is 12.8 Å². The maximum atomic E-state index is 12.8. The van der Waals surface area contributed by atoms with E-state index in [9.17, 15) is 9.59 Å². The van der Waals surface area contributed by atoms with Crippen molar-refractivity contribution in [3.05, 3.63) is 107 Å².